The van der Waals surface area contributed by atoms with E-state index in [-0.39, 0.29) is 18.9 Å². The maximum absolute atomic E-state index is 13.3. The first kappa shape index (κ1) is 73.8. The van der Waals surface area contributed by atoms with Gasteiger partial charge in [0, 0.05) is 6.42 Å². The highest BCUT2D eigenvalue weighted by Crippen LogP contribution is 2.30. The summed E-state index contributed by atoms with van der Waals surface area (Å²) in [4.78, 5) is 13.3. The van der Waals surface area contributed by atoms with Gasteiger partial charge in [-0.15, -0.1) is 0 Å². The Morgan fingerprint density at radius 1 is 0.443 bits per heavy atom. The van der Waals surface area contributed by atoms with Crippen LogP contribution < -0.4 is 5.32 Å². The number of carbonyl (C=O) groups is 1. The maximum Gasteiger partial charge on any atom is 0.220 e. The van der Waals surface area contributed by atoms with Gasteiger partial charge in [0.1, 0.15) is 48.8 Å². The topological polar surface area (TPSA) is 228 Å². The van der Waals surface area contributed by atoms with E-state index in [1.165, 1.54) is 238 Å². The number of aliphatic hydroxyl groups excluding tert-OH is 8. The molecule has 0 aromatic carbocycles. The zero-order valence-corrected chi connectivity index (χ0v) is 50.6. The van der Waals surface area contributed by atoms with Crippen LogP contribution in [-0.2, 0) is 23.7 Å². The quantitative estimate of drug-likeness (QED) is 0.0204. The predicted molar refractivity (Wildman–Crippen MR) is 319 cm³/mol. The van der Waals surface area contributed by atoms with Crippen molar-refractivity contribution in [1.82, 2.24) is 5.32 Å². The van der Waals surface area contributed by atoms with Gasteiger partial charge in [-0.1, -0.05) is 289 Å². The summed E-state index contributed by atoms with van der Waals surface area (Å²) in [5.74, 6) is -0.232. The monoisotopic (exact) mass is 1130 g/mol. The first-order chi connectivity index (χ1) is 38.6. The van der Waals surface area contributed by atoms with Crippen molar-refractivity contribution >= 4 is 5.91 Å². The van der Waals surface area contributed by atoms with Gasteiger partial charge in [0.15, 0.2) is 12.6 Å². The van der Waals surface area contributed by atoms with E-state index in [2.05, 4.69) is 19.2 Å². The van der Waals surface area contributed by atoms with Crippen molar-refractivity contribution < 1.29 is 64.6 Å². The molecule has 1 amide bonds. The van der Waals surface area contributed by atoms with Crippen LogP contribution in [0, 0.1) is 0 Å². The summed E-state index contributed by atoms with van der Waals surface area (Å²) >= 11 is 0. The van der Waals surface area contributed by atoms with Crippen molar-refractivity contribution in [3.8, 4) is 0 Å². The molecule has 79 heavy (non-hydrogen) atoms. The molecule has 0 spiro atoms. The van der Waals surface area contributed by atoms with E-state index in [0.717, 1.165) is 38.5 Å². The van der Waals surface area contributed by atoms with Crippen LogP contribution in [0.4, 0.5) is 0 Å². The normalized spacial score (nSPS) is 24.4. The van der Waals surface area contributed by atoms with E-state index in [0.29, 0.717) is 6.42 Å². The summed E-state index contributed by atoms with van der Waals surface area (Å²) in [7, 11) is 0. The van der Waals surface area contributed by atoms with E-state index in [4.69, 9.17) is 18.9 Å². The Bertz CT molecular complexity index is 1380. The van der Waals surface area contributed by atoms with Gasteiger partial charge in [-0.25, -0.2) is 0 Å². The first-order valence-corrected chi connectivity index (χ1v) is 33.4. The van der Waals surface area contributed by atoms with E-state index in [1.807, 2.05) is 6.08 Å². The number of amides is 1. The fourth-order valence-electron chi connectivity index (χ4n) is 11.4. The average Bonchev–Trinajstić information content (AvgIpc) is 3.48. The van der Waals surface area contributed by atoms with Crippen molar-refractivity contribution in [3.63, 3.8) is 0 Å². The Kier molecular flexibility index (Phi) is 47.8. The molecule has 0 aliphatic carbocycles. The molecule has 12 atom stereocenters. The molecule has 0 saturated carbocycles. The number of nitrogens with one attached hydrogen (secondary N) is 1. The molecule has 0 aromatic heterocycles. The summed E-state index contributed by atoms with van der Waals surface area (Å²) in [5.41, 5.74) is 0. The van der Waals surface area contributed by atoms with E-state index in [9.17, 15) is 45.6 Å². The lowest BCUT2D eigenvalue weighted by atomic mass is 9.97. The molecule has 0 bridgehead atoms. The van der Waals surface area contributed by atoms with Crippen LogP contribution in [0.3, 0.4) is 0 Å². The number of rotatable bonds is 55. The van der Waals surface area contributed by atoms with Gasteiger partial charge >= 0.3 is 0 Å². The molecule has 2 aliphatic rings. The highest BCUT2D eigenvalue weighted by atomic mass is 16.7. The minimum Gasteiger partial charge on any atom is -0.394 e. The van der Waals surface area contributed by atoms with Crippen molar-refractivity contribution in [3.05, 3.63) is 12.2 Å². The third-order valence-electron chi connectivity index (χ3n) is 16.7. The smallest absolute Gasteiger partial charge is 0.220 e. The summed E-state index contributed by atoms with van der Waals surface area (Å²) in [5, 5.41) is 87.2. The zero-order valence-electron chi connectivity index (χ0n) is 50.6. The zero-order chi connectivity index (χ0) is 57.4. The Morgan fingerprint density at radius 2 is 0.785 bits per heavy atom. The Hall–Kier alpha value is -1.27. The molecule has 12 unspecified atom stereocenters. The van der Waals surface area contributed by atoms with Crippen LogP contribution in [0.15, 0.2) is 12.2 Å². The van der Waals surface area contributed by atoms with E-state index in [1.54, 1.807) is 6.08 Å². The predicted octanol–water partition coefficient (Wildman–Crippen LogP) is 12.6. The minimum absolute atomic E-state index is 0.232. The largest absolute Gasteiger partial charge is 0.394 e. The van der Waals surface area contributed by atoms with Gasteiger partial charge in [0.2, 0.25) is 5.91 Å². The molecular formula is C65H125NO13. The van der Waals surface area contributed by atoms with Crippen LogP contribution >= 0.6 is 0 Å². The molecule has 14 heteroatoms. The van der Waals surface area contributed by atoms with Gasteiger partial charge in [-0.05, 0) is 19.3 Å². The third kappa shape index (κ3) is 36.2. The van der Waals surface area contributed by atoms with E-state index < -0.39 is 86.8 Å². The number of hydrogen-bond donors (Lipinski definition) is 9. The SMILES string of the molecule is CCCCCCCCCCCCCCC/C=C/C(O)C(COC1OC(CO)C(OC2OC(CO)C(O)C(O)C2O)C(O)C1O)NC(=O)CCCCCCCCCCCCCCCCCCCCCCCCCCCCCCCC. The number of allylic oxidation sites excluding steroid dienone is 1. The Balaban J connectivity index is 1.64. The van der Waals surface area contributed by atoms with Crippen molar-refractivity contribution in [2.75, 3.05) is 19.8 Å². The second-order valence-electron chi connectivity index (χ2n) is 24.0. The average molecular weight is 1130 g/mol. The molecule has 468 valence electrons. The van der Waals surface area contributed by atoms with Gasteiger partial charge in [-0.3, -0.25) is 4.79 Å². The molecule has 9 N–H and O–H groups in total. The highest BCUT2D eigenvalue weighted by molar-refractivity contribution is 5.76. The molecule has 2 fully saturated rings. The highest BCUT2D eigenvalue weighted by Gasteiger charge is 2.51. The molecule has 0 aromatic rings. The van der Waals surface area contributed by atoms with Crippen molar-refractivity contribution in [1.29, 1.82) is 0 Å². The molecule has 2 aliphatic heterocycles. The van der Waals surface area contributed by atoms with Gasteiger partial charge in [0.25, 0.3) is 0 Å². The number of ether oxygens (including phenoxy) is 4. The molecule has 2 rings (SSSR count). The number of aliphatic hydroxyl groups is 8. The summed E-state index contributed by atoms with van der Waals surface area (Å²) < 4.78 is 22.8. The summed E-state index contributed by atoms with van der Waals surface area (Å²) in [6.07, 6.45) is 44.2. The molecule has 14 nitrogen and oxygen atoms in total. The van der Waals surface area contributed by atoms with Crippen LogP contribution in [0.2, 0.25) is 0 Å². The summed E-state index contributed by atoms with van der Waals surface area (Å²) in [6.45, 7) is 2.84. The molecule has 0 radical (unpaired) electrons. The van der Waals surface area contributed by atoms with Crippen LogP contribution in [-0.4, -0.2) is 140 Å². The van der Waals surface area contributed by atoms with Crippen LogP contribution in [0.1, 0.15) is 303 Å². The first-order valence-electron chi connectivity index (χ1n) is 33.4. The van der Waals surface area contributed by atoms with Crippen LogP contribution in [0.5, 0.6) is 0 Å². The van der Waals surface area contributed by atoms with Gasteiger partial charge in [-0.2, -0.15) is 0 Å². The maximum atomic E-state index is 13.3. The Morgan fingerprint density at radius 3 is 1.16 bits per heavy atom. The number of unbranched alkanes of at least 4 members (excludes halogenated alkanes) is 42. The third-order valence-corrected chi connectivity index (χ3v) is 16.7. The molecule has 2 saturated heterocycles. The fourth-order valence-corrected chi connectivity index (χ4v) is 11.4. The van der Waals surface area contributed by atoms with Crippen LogP contribution in [0.25, 0.3) is 0 Å². The van der Waals surface area contributed by atoms with E-state index >= 15 is 0 Å². The standard InChI is InChI=1S/C65H125NO13/c1-3-5-7-9-11-13-15-17-19-20-21-22-23-24-25-26-27-28-29-30-31-32-33-35-37-39-41-43-45-47-49-57(70)66-53(54(69)48-46-44-42-40-38-36-34-18-16-14-12-10-8-6-4-2)52-76-64-62(75)60(73)63(56(51-68)78-64)79-65-61(74)59(72)58(71)55(50-67)77-65/h46,48,53-56,58-65,67-69,71-75H,3-45,47,49-52H2,1-2H3,(H,66,70)/b48-46+. The lowest BCUT2D eigenvalue weighted by Gasteiger charge is -2.46. The van der Waals surface area contributed by atoms with Gasteiger partial charge < -0.3 is 65.1 Å². The van der Waals surface area contributed by atoms with Crippen molar-refractivity contribution in [2.45, 2.75) is 376 Å². The van der Waals surface area contributed by atoms with Gasteiger partial charge in [0.05, 0.1) is 32.0 Å². The number of carbonyl (C=O) groups excluding carboxylic acids is 1. The lowest BCUT2D eigenvalue weighted by Crippen LogP contribution is -2.65. The molecular weight excluding hydrogens is 1000 g/mol. The van der Waals surface area contributed by atoms with Crippen molar-refractivity contribution in [2.24, 2.45) is 0 Å². The fraction of sp³-hybridized carbons (Fsp3) is 0.954. The Labute approximate surface area is 482 Å². The number of hydrogen-bond acceptors (Lipinski definition) is 13. The molecule has 2 heterocycles. The second kappa shape index (κ2) is 51.2. The summed E-state index contributed by atoms with van der Waals surface area (Å²) in [6, 6.07) is -0.910. The second-order valence-corrected chi connectivity index (χ2v) is 24.0. The lowest BCUT2D eigenvalue weighted by molar-refractivity contribution is -0.359. The minimum atomic E-state index is -1.79.